The smallest absolute Gasteiger partial charge is 0.150 e. The van der Waals surface area contributed by atoms with E-state index in [1.807, 2.05) is 37.3 Å². The lowest BCUT2D eigenvalue weighted by Crippen LogP contribution is -2.28. The van der Waals surface area contributed by atoms with Crippen LogP contribution in [0.25, 0.3) is 0 Å². The maximum absolute atomic E-state index is 10.2. The maximum Gasteiger partial charge on any atom is 0.150 e. The van der Waals surface area contributed by atoms with Crippen LogP contribution in [-0.4, -0.2) is 24.3 Å². The molecule has 0 saturated heterocycles. The number of aryl methyl sites for hydroxylation is 1. The van der Waals surface area contributed by atoms with E-state index in [-0.39, 0.29) is 0 Å². The SMILES string of the molecule is C#C/C=C(\C=C/C)CCCCC(CCC)C(=C)N(CCC)CCC.CCc1ccc(C=O)cc1. The summed E-state index contributed by atoms with van der Waals surface area (Å²) in [6, 6.07) is 7.63. The van der Waals surface area contributed by atoms with Crippen molar-refractivity contribution in [1.82, 2.24) is 4.90 Å². The zero-order valence-electron chi connectivity index (χ0n) is 22.6. The number of nitrogens with zero attached hydrogens (tertiary/aromatic N) is 1. The minimum Gasteiger partial charge on any atom is -0.375 e. The zero-order chi connectivity index (χ0) is 25.6. The third kappa shape index (κ3) is 13.9. The lowest BCUT2D eigenvalue weighted by molar-refractivity contribution is 0.112. The van der Waals surface area contributed by atoms with Crippen LogP contribution in [0.1, 0.15) is 102 Å². The van der Waals surface area contributed by atoms with Crippen molar-refractivity contribution in [1.29, 1.82) is 0 Å². The highest BCUT2D eigenvalue weighted by atomic mass is 16.1. The monoisotopic (exact) mass is 463 g/mol. The molecule has 1 unspecified atom stereocenters. The van der Waals surface area contributed by atoms with Crippen molar-refractivity contribution < 1.29 is 4.79 Å². The molecule has 2 nitrogen and oxygen atoms in total. The van der Waals surface area contributed by atoms with Gasteiger partial charge in [0.2, 0.25) is 0 Å². The molecule has 0 fully saturated rings. The van der Waals surface area contributed by atoms with Crippen molar-refractivity contribution in [2.24, 2.45) is 5.92 Å². The van der Waals surface area contributed by atoms with Gasteiger partial charge in [0.05, 0.1) is 0 Å². The molecular formula is C32H49NO. The quantitative estimate of drug-likeness (QED) is 0.106. The molecule has 1 aromatic carbocycles. The first kappa shape index (κ1) is 31.5. The Bertz CT molecular complexity index is 757. The highest BCUT2D eigenvalue weighted by Gasteiger charge is 2.16. The van der Waals surface area contributed by atoms with E-state index in [1.165, 1.54) is 61.8 Å². The highest BCUT2D eigenvalue weighted by Crippen LogP contribution is 2.26. The second-order valence-electron chi connectivity index (χ2n) is 8.81. The van der Waals surface area contributed by atoms with Crippen molar-refractivity contribution in [3.05, 3.63) is 71.5 Å². The first-order valence-electron chi connectivity index (χ1n) is 13.3. The number of carbonyl (C=O) groups excluding carboxylic acids is 1. The number of rotatable bonds is 16. The molecule has 0 radical (unpaired) electrons. The zero-order valence-corrected chi connectivity index (χ0v) is 22.6. The van der Waals surface area contributed by atoms with Crippen LogP contribution < -0.4 is 0 Å². The van der Waals surface area contributed by atoms with Gasteiger partial charge in [-0.2, -0.15) is 0 Å². The van der Waals surface area contributed by atoms with Gasteiger partial charge < -0.3 is 4.90 Å². The maximum atomic E-state index is 10.2. The second kappa shape index (κ2) is 21.0. The van der Waals surface area contributed by atoms with Crippen LogP contribution in [0.5, 0.6) is 0 Å². The van der Waals surface area contributed by atoms with Gasteiger partial charge in [0.25, 0.3) is 0 Å². The van der Waals surface area contributed by atoms with Gasteiger partial charge in [0, 0.05) is 24.4 Å². The molecule has 0 bridgehead atoms. The normalized spacial score (nSPS) is 11.9. The predicted molar refractivity (Wildman–Crippen MR) is 151 cm³/mol. The van der Waals surface area contributed by atoms with Crippen molar-refractivity contribution in [2.75, 3.05) is 13.1 Å². The molecule has 0 N–H and O–H groups in total. The minimum atomic E-state index is 0.634. The lowest BCUT2D eigenvalue weighted by atomic mass is 9.92. The molecule has 0 saturated carbocycles. The molecule has 0 aliphatic heterocycles. The number of terminal acetylenes is 1. The van der Waals surface area contributed by atoms with Gasteiger partial charge in [-0.1, -0.05) is 89.5 Å². The van der Waals surface area contributed by atoms with Gasteiger partial charge in [0.1, 0.15) is 6.29 Å². The van der Waals surface area contributed by atoms with Gasteiger partial charge in [0.15, 0.2) is 0 Å². The summed E-state index contributed by atoms with van der Waals surface area (Å²) in [7, 11) is 0. The summed E-state index contributed by atoms with van der Waals surface area (Å²) in [6.07, 6.45) is 23.0. The summed E-state index contributed by atoms with van der Waals surface area (Å²) in [4.78, 5) is 12.7. The Hall–Kier alpha value is -2.53. The molecule has 2 heteroatoms. The standard InChI is InChI=1S/C23H39N.C9H10O/c1-7-14-22(15-8-2)17-12-13-18-23(16-9-3)21(6)24(19-10-4)20-11-5;1-2-8-3-5-9(7-10)6-4-8/h1,8,14-15,23H,6,9-13,16-20H2,2-5H3;3-7H,2H2,1H3/b15-8-,22-14+;. The Morgan fingerprint density at radius 2 is 1.68 bits per heavy atom. The van der Waals surface area contributed by atoms with Crippen LogP contribution in [0.4, 0.5) is 0 Å². The van der Waals surface area contributed by atoms with Gasteiger partial charge in [-0.3, -0.25) is 4.79 Å². The van der Waals surface area contributed by atoms with E-state index in [0.717, 1.165) is 37.8 Å². The topological polar surface area (TPSA) is 20.3 Å². The Morgan fingerprint density at radius 1 is 1.03 bits per heavy atom. The van der Waals surface area contributed by atoms with E-state index in [2.05, 4.69) is 57.2 Å². The molecule has 34 heavy (non-hydrogen) atoms. The van der Waals surface area contributed by atoms with Crippen molar-refractivity contribution in [2.45, 2.75) is 92.4 Å². The van der Waals surface area contributed by atoms with E-state index < -0.39 is 0 Å². The number of carbonyl (C=O) groups is 1. The number of hydrogen-bond donors (Lipinski definition) is 0. The number of benzene rings is 1. The van der Waals surface area contributed by atoms with Crippen molar-refractivity contribution in [3.63, 3.8) is 0 Å². The van der Waals surface area contributed by atoms with E-state index in [4.69, 9.17) is 6.42 Å². The largest absolute Gasteiger partial charge is 0.375 e. The molecule has 188 valence electrons. The Labute approximate surface area is 211 Å². The van der Waals surface area contributed by atoms with E-state index >= 15 is 0 Å². The van der Waals surface area contributed by atoms with Gasteiger partial charge >= 0.3 is 0 Å². The number of unbranched alkanes of at least 4 members (excludes halogenated alkanes) is 1. The van der Waals surface area contributed by atoms with E-state index in [1.54, 1.807) is 0 Å². The van der Waals surface area contributed by atoms with Gasteiger partial charge in [-0.25, -0.2) is 0 Å². The number of aldehydes is 1. The predicted octanol–water partition coefficient (Wildman–Crippen LogP) is 8.80. The van der Waals surface area contributed by atoms with Crippen LogP contribution in [-0.2, 0) is 6.42 Å². The summed E-state index contributed by atoms with van der Waals surface area (Å²) < 4.78 is 0. The molecule has 1 aromatic rings. The summed E-state index contributed by atoms with van der Waals surface area (Å²) in [5.41, 5.74) is 4.65. The van der Waals surface area contributed by atoms with E-state index in [9.17, 15) is 4.79 Å². The molecule has 1 atom stereocenters. The molecule has 0 heterocycles. The summed E-state index contributed by atoms with van der Waals surface area (Å²) >= 11 is 0. The molecule has 0 aliphatic rings. The van der Waals surface area contributed by atoms with Crippen LogP contribution in [0.2, 0.25) is 0 Å². The van der Waals surface area contributed by atoms with Gasteiger partial charge in [-0.15, -0.1) is 6.42 Å². The summed E-state index contributed by atoms with van der Waals surface area (Å²) in [6.45, 7) is 17.7. The fourth-order valence-electron chi connectivity index (χ4n) is 4.10. The molecule has 0 aliphatic carbocycles. The third-order valence-corrected chi connectivity index (χ3v) is 5.94. The molecular weight excluding hydrogens is 414 g/mol. The fraction of sp³-hybridized carbons (Fsp3) is 0.531. The van der Waals surface area contributed by atoms with Crippen LogP contribution in [0, 0.1) is 18.3 Å². The summed E-state index contributed by atoms with van der Waals surface area (Å²) in [5, 5.41) is 0. The van der Waals surface area contributed by atoms with Crippen molar-refractivity contribution >= 4 is 6.29 Å². The number of hydrogen-bond acceptors (Lipinski definition) is 2. The first-order valence-corrected chi connectivity index (χ1v) is 13.3. The van der Waals surface area contributed by atoms with E-state index in [0.29, 0.717) is 5.92 Å². The minimum absolute atomic E-state index is 0.634. The Kier molecular flexibility index (Phi) is 19.5. The van der Waals surface area contributed by atoms with Crippen LogP contribution in [0.3, 0.4) is 0 Å². The molecule has 1 rings (SSSR count). The second-order valence-corrected chi connectivity index (χ2v) is 8.81. The van der Waals surface area contributed by atoms with Crippen LogP contribution in [0.15, 0.2) is 60.3 Å². The average molecular weight is 464 g/mol. The first-order chi connectivity index (χ1) is 16.5. The third-order valence-electron chi connectivity index (χ3n) is 5.94. The lowest BCUT2D eigenvalue weighted by Gasteiger charge is -2.31. The summed E-state index contributed by atoms with van der Waals surface area (Å²) in [5.74, 6) is 3.28. The van der Waals surface area contributed by atoms with Crippen LogP contribution >= 0.6 is 0 Å². The van der Waals surface area contributed by atoms with Crippen molar-refractivity contribution in [3.8, 4) is 12.3 Å². The molecule has 0 amide bonds. The highest BCUT2D eigenvalue weighted by molar-refractivity contribution is 5.74. The number of allylic oxidation sites excluding steroid dienone is 5. The Morgan fingerprint density at radius 3 is 2.15 bits per heavy atom. The van der Waals surface area contributed by atoms with Gasteiger partial charge in [-0.05, 0) is 75.0 Å². The fourth-order valence-corrected chi connectivity index (χ4v) is 4.10. The molecule has 0 spiro atoms. The Balaban J connectivity index is 0.000000896. The molecule has 0 aromatic heterocycles. The average Bonchev–Trinajstić information content (AvgIpc) is 2.86.